The van der Waals surface area contributed by atoms with Crippen LogP contribution in [0.15, 0.2) is 18.2 Å². The quantitative estimate of drug-likeness (QED) is 0.876. The van der Waals surface area contributed by atoms with Crippen LogP contribution in [-0.2, 0) is 0 Å². The Morgan fingerprint density at radius 1 is 1.37 bits per heavy atom. The highest BCUT2D eigenvalue weighted by Crippen LogP contribution is 2.31. The third kappa shape index (κ3) is 3.48. The summed E-state index contributed by atoms with van der Waals surface area (Å²) in [5.41, 5.74) is 2.27. The third-order valence-corrected chi connectivity index (χ3v) is 4.32. The maximum atomic E-state index is 10.0. The Bertz CT molecular complexity index is 411. The molecule has 1 aromatic carbocycles. The summed E-state index contributed by atoms with van der Waals surface area (Å²) < 4.78 is 0. The maximum absolute atomic E-state index is 10.0. The molecule has 0 saturated carbocycles. The van der Waals surface area contributed by atoms with Crippen LogP contribution in [0.2, 0.25) is 0 Å². The zero-order valence-electron chi connectivity index (χ0n) is 12.3. The van der Waals surface area contributed by atoms with Gasteiger partial charge in [-0.2, -0.15) is 0 Å². The second-order valence-electron chi connectivity index (χ2n) is 5.78. The van der Waals surface area contributed by atoms with Crippen molar-refractivity contribution in [2.45, 2.75) is 32.7 Å². The molecule has 0 radical (unpaired) electrons. The number of hydrogen-bond donors (Lipinski definition) is 2. The summed E-state index contributed by atoms with van der Waals surface area (Å²) in [6, 6.07) is 6.19. The highest BCUT2D eigenvalue weighted by atomic mass is 16.3. The molecule has 1 heterocycles. The largest absolute Gasteiger partial charge is 0.508 e. The van der Waals surface area contributed by atoms with Crippen LogP contribution < -0.4 is 5.32 Å². The van der Waals surface area contributed by atoms with Gasteiger partial charge < -0.3 is 10.4 Å². The Morgan fingerprint density at radius 2 is 2.05 bits per heavy atom. The van der Waals surface area contributed by atoms with Crippen molar-refractivity contribution in [2.75, 3.05) is 26.7 Å². The lowest BCUT2D eigenvalue weighted by Gasteiger charge is -2.36. The predicted octanol–water partition coefficient (Wildman–Crippen LogP) is 2.69. The number of piperidine rings is 1. The van der Waals surface area contributed by atoms with Crippen molar-refractivity contribution in [1.29, 1.82) is 0 Å². The Morgan fingerprint density at radius 3 is 2.68 bits per heavy atom. The van der Waals surface area contributed by atoms with E-state index in [2.05, 4.69) is 30.1 Å². The molecule has 1 saturated heterocycles. The van der Waals surface area contributed by atoms with Crippen molar-refractivity contribution in [2.24, 2.45) is 5.92 Å². The number of phenolic OH excluding ortho intramolecular Hbond substituents is 1. The number of aryl methyl sites for hydroxylation is 1. The van der Waals surface area contributed by atoms with Gasteiger partial charge in [0.05, 0.1) is 0 Å². The van der Waals surface area contributed by atoms with Crippen molar-refractivity contribution in [1.82, 2.24) is 10.2 Å². The first kappa shape index (κ1) is 14.4. The van der Waals surface area contributed by atoms with Crippen LogP contribution in [0, 0.1) is 12.8 Å². The molecule has 1 aliphatic heterocycles. The average Bonchev–Trinajstić information content (AvgIpc) is 2.42. The first-order valence-corrected chi connectivity index (χ1v) is 7.30. The normalized spacial score (nSPS) is 19.5. The number of aromatic hydroxyl groups is 1. The van der Waals surface area contributed by atoms with E-state index >= 15 is 0 Å². The fourth-order valence-electron chi connectivity index (χ4n) is 3.04. The van der Waals surface area contributed by atoms with Crippen molar-refractivity contribution in [3.8, 4) is 5.75 Å². The van der Waals surface area contributed by atoms with E-state index in [0.29, 0.717) is 11.8 Å². The van der Waals surface area contributed by atoms with Crippen LogP contribution in [-0.4, -0.2) is 36.7 Å². The van der Waals surface area contributed by atoms with Gasteiger partial charge in [-0.15, -0.1) is 0 Å². The van der Waals surface area contributed by atoms with E-state index in [4.69, 9.17) is 0 Å². The van der Waals surface area contributed by atoms with Gasteiger partial charge in [-0.1, -0.05) is 17.7 Å². The molecule has 1 aliphatic rings. The minimum Gasteiger partial charge on any atom is -0.508 e. The zero-order chi connectivity index (χ0) is 13.8. The van der Waals surface area contributed by atoms with Crippen molar-refractivity contribution >= 4 is 0 Å². The second kappa shape index (κ2) is 6.40. The summed E-state index contributed by atoms with van der Waals surface area (Å²) in [5, 5.41) is 13.3. The van der Waals surface area contributed by atoms with Gasteiger partial charge in [0.2, 0.25) is 0 Å². The average molecular weight is 262 g/mol. The minimum atomic E-state index is 0.301. The zero-order valence-corrected chi connectivity index (χ0v) is 12.3. The summed E-state index contributed by atoms with van der Waals surface area (Å²) >= 11 is 0. The Kier molecular flexibility index (Phi) is 4.83. The molecule has 2 rings (SSSR count). The van der Waals surface area contributed by atoms with E-state index in [-0.39, 0.29) is 0 Å². The fourth-order valence-corrected chi connectivity index (χ4v) is 3.04. The molecule has 1 fully saturated rings. The number of nitrogens with one attached hydrogen (secondary N) is 1. The smallest absolute Gasteiger partial charge is 0.120 e. The Labute approximate surface area is 116 Å². The second-order valence-corrected chi connectivity index (χ2v) is 5.78. The number of phenols is 1. The molecular weight excluding hydrogens is 236 g/mol. The first-order valence-electron chi connectivity index (χ1n) is 7.30. The summed E-state index contributed by atoms with van der Waals surface area (Å²) in [6.07, 6.45) is 2.50. The highest BCUT2D eigenvalue weighted by Gasteiger charge is 2.24. The lowest BCUT2D eigenvalue weighted by atomic mass is 9.94. The lowest BCUT2D eigenvalue weighted by molar-refractivity contribution is 0.139. The van der Waals surface area contributed by atoms with Gasteiger partial charge in [0.15, 0.2) is 0 Å². The number of likely N-dealkylation sites (tertiary alicyclic amines) is 1. The van der Waals surface area contributed by atoms with E-state index in [0.717, 1.165) is 31.1 Å². The third-order valence-electron chi connectivity index (χ3n) is 4.32. The molecule has 0 aliphatic carbocycles. The predicted molar refractivity (Wildman–Crippen MR) is 79.5 cm³/mol. The van der Waals surface area contributed by atoms with Gasteiger partial charge in [0, 0.05) is 11.6 Å². The monoisotopic (exact) mass is 262 g/mol. The molecule has 1 aromatic rings. The summed E-state index contributed by atoms with van der Waals surface area (Å²) in [6.45, 7) is 7.65. The molecule has 0 spiro atoms. The van der Waals surface area contributed by atoms with Crippen LogP contribution in [0.4, 0.5) is 0 Å². The molecule has 3 nitrogen and oxygen atoms in total. The Balaban J connectivity index is 2.01. The van der Waals surface area contributed by atoms with E-state index in [1.807, 2.05) is 19.2 Å². The molecule has 2 N–H and O–H groups in total. The number of nitrogens with zero attached hydrogens (tertiary/aromatic N) is 1. The van der Waals surface area contributed by atoms with Gasteiger partial charge >= 0.3 is 0 Å². The van der Waals surface area contributed by atoms with E-state index in [9.17, 15) is 5.11 Å². The maximum Gasteiger partial charge on any atom is 0.120 e. The number of hydrogen-bond acceptors (Lipinski definition) is 3. The highest BCUT2D eigenvalue weighted by molar-refractivity contribution is 5.37. The van der Waals surface area contributed by atoms with Crippen LogP contribution in [0.3, 0.4) is 0 Å². The van der Waals surface area contributed by atoms with Crippen LogP contribution >= 0.6 is 0 Å². The van der Waals surface area contributed by atoms with Gasteiger partial charge in [0.25, 0.3) is 0 Å². The molecule has 1 atom stereocenters. The molecule has 106 valence electrons. The van der Waals surface area contributed by atoms with E-state index in [1.54, 1.807) is 0 Å². The van der Waals surface area contributed by atoms with E-state index in [1.165, 1.54) is 18.4 Å². The number of rotatable bonds is 4. The lowest BCUT2D eigenvalue weighted by Crippen LogP contribution is -2.38. The first-order chi connectivity index (χ1) is 9.11. The molecule has 0 aromatic heterocycles. The Hall–Kier alpha value is -1.06. The fraction of sp³-hybridized carbons (Fsp3) is 0.625. The summed E-state index contributed by atoms with van der Waals surface area (Å²) in [7, 11) is 2.03. The summed E-state index contributed by atoms with van der Waals surface area (Å²) in [4.78, 5) is 2.49. The standard InChI is InChI=1S/C16H26N2O/c1-12-4-5-16(19)15(10-12)13(2)18-8-6-14(7-9-18)11-17-3/h4-5,10,13-14,17,19H,6-9,11H2,1-3H3. The van der Waals surface area contributed by atoms with Crippen LogP contribution in [0.25, 0.3) is 0 Å². The van der Waals surface area contributed by atoms with Gasteiger partial charge in [-0.05, 0) is 65.4 Å². The molecule has 0 amide bonds. The molecular formula is C16H26N2O. The summed E-state index contributed by atoms with van der Waals surface area (Å²) in [5.74, 6) is 1.23. The molecule has 1 unspecified atom stereocenters. The van der Waals surface area contributed by atoms with Gasteiger partial charge in [0.1, 0.15) is 5.75 Å². The van der Waals surface area contributed by atoms with Gasteiger partial charge in [-0.3, -0.25) is 4.90 Å². The molecule has 3 heteroatoms. The molecule has 19 heavy (non-hydrogen) atoms. The van der Waals surface area contributed by atoms with Crippen molar-refractivity contribution < 1.29 is 5.11 Å². The van der Waals surface area contributed by atoms with Crippen molar-refractivity contribution in [3.05, 3.63) is 29.3 Å². The SMILES string of the molecule is CNCC1CCN(C(C)c2cc(C)ccc2O)CC1. The number of benzene rings is 1. The van der Waals surface area contributed by atoms with Crippen LogP contribution in [0.1, 0.15) is 36.9 Å². The van der Waals surface area contributed by atoms with E-state index < -0.39 is 0 Å². The van der Waals surface area contributed by atoms with Crippen molar-refractivity contribution in [3.63, 3.8) is 0 Å². The molecule has 0 bridgehead atoms. The topological polar surface area (TPSA) is 35.5 Å². The van der Waals surface area contributed by atoms with Crippen LogP contribution in [0.5, 0.6) is 5.75 Å². The minimum absolute atomic E-state index is 0.301. The van der Waals surface area contributed by atoms with Gasteiger partial charge in [-0.25, -0.2) is 0 Å².